The van der Waals surface area contributed by atoms with Gasteiger partial charge in [0.05, 0.1) is 7.11 Å². The number of nitrogens with zero attached hydrogens (tertiary/aromatic N) is 1. The maximum atomic E-state index is 5.31. The molecule has 0 aliphatic carbocycles. The smallest absolute Gasteiger partial charge is 0.180 e. The van der Waals surface area contributed by atoms with Crippen molar-refractivity contribution in [1.29, 1.82) is 0 Å². The minimum atomic E-state index is 0.0890. The van der Waals surface area contributed by atoms with E-state index in [0.717, 1.165) is 17.2 Å². The van der Waals surface area contributed by atoms with E-state index in [1.807, 2.05) is 31.2 Å². The molecule has 3 nitrogen and oxygen atoms in total. The lowest BCUT2D eigenvalue weighted by Gasteiger charge is -2.10. The Labute approximate surface area is 83.4 Å². The second kappa shape index (κ2) is 3.70. The lowest BCUT2D eigenvalue weighted by molar-refractivity contribution is 0.312. The summed E-state index contributed by atoms with van der Waals surface area (Å²) in [5.41, 5.74) is 1.09. The van der Waals surface area contributed by atoms with Crippen LogP contribution in [0.5, 0.6) is 5.75 Å². The summed E-state index contributed by atoms with van der Waals surface area (Å²) in [4.78, 5) is 4.38. The fraction of sp³-hybridized carbons (Fsp3) is 0.364. The Morgan fingerprint density at radius 3 is 2.86 bits per heavy atom. The Hall–Kier alpha value is -1.51. The molecule has 74 valence electrons. The van der Waals surface area contributed by atoms with Crippen molar-refractivity contribution in [2.24, 2.45) is 4.99 Å². The summed E-state index contributed by atoms with van der Waals surface area (Å²) in [6.45, 7) is 2.49. The SMILES string of the molecule is COc1ccccc1C1COC(C)=N1. The minimum Gasteiger partial charge on any atom is -0.496 e. The van der Waals surface area contributed by atoms with Crippen LogP contribution in [0.2, 0.25) is 0 Å². The Morgan fingerprint density at radius 1 is 1.43 bits per heavy atom. The van der Waals surface area contributed by atoms with E-state index in [9.17, 15) is 0 Å². The third-order valence-corrected chi connectivity index (χ3v) is 2.29. The summed E-state index contributed by atoms with van der Waals surface area (Å²) in [5, 5.41) is 0. The minimum absolute atomic E-state index is 0.0890. The molecule has 0 bridgehead atoms. The Balaban J connectivity index is 2.32. The van der Waals surface area contributed by atoms with Crippen molar-refractivity contribution in [3.63, 3.8) is 0 Å². The van der Waals surface area contributed by atoms with E-state index in [2.05, 4.69) is 4.99 Å². The van der Waals surface area contributed by atoms with Crippen molar-refractivity contribution in [2.45, 2.75) is 13.0 Å². The molecule has 1 aromatic rings. The van der Waals surface area contributed by atoms with E-state index < -0.39 is 0 Å². The first-order chi connectivity index (χ1) is 6.81. The van der Waals surface area contributed by atoms with Gasteiger partial charge in [0.1, 0.15) is 18.4 Å². The van der Waals surface area contributed by atoms with E-state index >= 15 is 0 Å². The third kappa shape index (κ3) is 1.58. The summed E-state index contributed by atoms with van der Waals surface area (Å²) in [7, 11) is 1.67. The summed E-state index contributed by atoms with van der Waals surface area (Å²) in [6, 6.07) is 7.99. The van der Waals surface area contributed by atoms with Gasteiger partial charge in [0, 0.05) is 12.5 Å². The molecule has 0 aromatic heterocycles. The Bertz CT molecular complexity index is 360. The first kappa shape index (κ1) is 9.06. The highest BCUT2D eigenvalue weighted by atomic mass is 16.5. The predicted octanol–water partition coefficient (Wildman–Crippen LogP) is 2.18. The van der Waals surface area contributed by atoms with E-state index in [0.29, 0.717) is 6.61 Å². The molecule has 0 saturated heterocycles. The normalized spacial score (nSPS) is 20.1. The molecule has 1 atom stereocenters. The molecule has 1 unspecified atom stereocenters. The standard InChI is InChI=1S/C11H13NO2/c1-8-12-10(7-14-8)9-5-3-4-6-11(9)13-2/h3-6,10H,7H2,1-2H3. The number of rotatable bonds is 2. The van der Waals surface area contributed by atoms with E-state index in [4.69, 9.17) is 9.47 Å². The zero-order chi connectivity index (χ0) is 9.97. The van der Waals surface area contributed by atoms with Gasteiger partial charge in [-0.3, -0.25) is 0 Å². The zero-order valence-electron chi connectivity index (χ0n) is 8.36. The number of aliphatic imine (C=N–C) groups is 1. The van der Waals surface area contributed by atoms with Crippen LogP contribution in [0.1, 0.15) is 18.5 Å². The highest BCUT2D eigenvalue weighted by Crippen LogP contribution is 2.30. The summed E-state index contributed by atoms with van der Waals surface area (Å²) >= 11 is 0. The van der Waals surface area contributed by atoms with Crippen LogP contribution < -0.4 is 4.74 Å². The lowest BCUT2D eigenvalue weighted by atomic mass is 10.1. The molecule has 0 N–H and O–H groups in total. The molecule has 1 aliphatic rings. The molecule has 1 aromatic carbocycles. The molecule has 0 fully saturated rings. The van der Waals surface area contributed by atoms with Crippen molar-refractivity contribution in [1.82, 2.24) is 0 Å². The summed E-state index contributed by atoms with van der Waals surface area (Å²) in [5.74, 6) is 1.63. The quantitative estimate of drug-likeness (QED) is 0.717. The fourth-order valence-corrected chi connectivity index (χ4v) is 1.59. The molecule has 0 spiro atoms. The van der Waals surface area contributed by atoms with Crippen LogP contribution in [0.25, 0.3) is 0 Å². The highest BCUT2D eigenvalue weighted by molar-refractivity contribution is 5.75. The van der Waals surface area contributed by atoms with Gasteiger partial charge in [-0.1, -0.05) is 18.2 Å². The number of benzene rings is 1. The predicted molar refractivity (Wildman–Crippen MR) is 54.8 cm³/mol. The van der Waals surface area contributed by atoms with Crippen LogP contribution in [-0.4, -0.2) is 19.6 Å². The average molecular weight is 191 g/mol. The molecular formula is C11H13NO2. The molecule has 2 rings (SSSR count). The number of ether oxygens (including phenoxy) is 2. The Kier molecular flexibility index (Phi) is 2.39. The largest absolute Gasteiger partial charge is 0.496 e. The van der Waals surface area contributed by atoms with Crippen LogP contribution in [0.15, 0.2) is 29.3 Å². The van der Waals surface area contributed by atoms with Crippen LogP contribution in [0.3, 0.4) is 0 Å². The van der Waals surface area contributed by atoms with Crippen molar-refractivity contribution in [2.75, 3.05) is 13.7 Å². The topological polar surface area (TPSA) is 30.8 Å². The molecule has 14 heavy (non-hydrogen) atoms. The van der Waals surface area contributed by atoms with E-state index in [1.165, 1.54) is 0 Å². The second-order valence-corrected chi connectivity index (χ2v) is 3.22. The molecule has 0 amide bonds. The number of methoxy groups -OCH3 is 1. The number of hydrogen-bond acceptors (Lipinski definition) is 3. The highest BCUT2D eigenvalue weighted by Gasteiger charge is 2.20. The summed E-state index contributed by atoms with van der Waals surface area (Å²) < 4.78 is 10.6. The zero-order valence-corrected chi connectivity index (χ0v) is 8.36. The molecule has 3 heteroatoms. The maximum Gasteiger partial charge on any atom is 0.180 e. The molecule has 1 aliphatic heterocycles. The van der Waals surface area contributed by atoms with Gasteiger partial charge in [0.25, 0.3) is 0 Å². The van der Waals surface area contributed by atoms with E-state index in [-0.39, 0.29) is 6.04 Å². The van der Waals surface area contributed by atoms with Gasteiger partial charge >= 0.3 is 0 Å². The molecule has 0 radical (unpaired) electrons. The van der Waals surface area contributed by atoms with Gasteiger partial charge in [-0.2, -0.15) is 0 Å². The van der Waals surface area contributed by atoms with Gasteiger partial charge in [0.15, 0.2) is 5.90 Å². The average Bonchev–Trinajstić information content (AvgIpc) is 2.65. The monoisotopic (exact) mass is 191 g/mol. The van der Waals surface area contributed by atoms with Crippen molar-refractivity contribution in [3.8, 4) is 5.75 Å². The van der Waals surface area contributed by atoms with Crippen molar-refractivity contribution >= 4 is 5.90 Å². The number of hydrogen-bond donors (Lipinski definition) is 0. The lowest BCUT2D eigenvalue weighted by Crippen LogP contribution is -2.00. The molecular weight excluding hydrogens is 178 g/mol. The van der Waals surface area contributed by atoms with Crippen LogP contribution >= 0.6 is 0 Å². The van der Waals surface area contributed by atoms with Crippen molar-refractivity contribution < 1.29 is 9.47 Å². The summed E-state index contributed by atoms with van der Waals surface area (Å²) in [6.07, 6.45) is 0. The molecule has 1 heterocycles. The van der Waals surface area contributed by atoms with Gasteiger partial charge in [-0.25, -0.2) is 4.99 Å². The van der Waals surface area contributed by atoms with Crippen LogP contribution in [0, 0.1) is 0 Å². The van der Waals surface area contributed by atoms with Gasteiger partial charge in [-0.05, 0) is 6.07 Å². The first-order valence-electron chi connectivity index (χ1n) is 4.61. The molecule has 0 saturated carbocycles. The number of para-hydroxylation sites is 1. The third-order valence-electron chi connectivity index (χ3n) is 2.29. The van der Waals surface area contributed by atoms with Gasteiger partial charge < -0.3 is 9.47 Å². The van der Waals surface area contributed by atoms with Crippen molar-refractivity contribution in [3.05, 3.63) is 29.8 Å². The van der Waals surface area contributed by atoms with Gasteiger partial charge in [0.2, 0.25) is 0 Å². The van der Waals surface area contributed by atoms with Crippen LogP contribution in [-0.2, 0) is 4.74 Å². The Morgan fingerprint density at radius 2 is 2.21 bits per heavy atom. The maximum absolute atomic E-state index is 5.31. The second-order valence-electron chi connectivity index (χ2n) is 3.22. The first-order valence-corrected chi connectivity index (χ1v) is 4.61. The van der Waals surface area contributed by atoms with E-state index in [1.54, 1.807) is 7.11 Å². The van der Waals surface area contributed by atoms with Crippen LogP contribution in [0.4, 0.5) is 0 Å². The fourth-order valence-electron chi connectivity index (χ4n) is 1.59. The van der Waals surface area contributed by atoms with Gasteiger partial charge in [-0.15, -0.1) is 0 Å².